The Labute approximate surface area is 176 Å². The average Bonchev–Trinajstić information content (AvgIpc) is 3.56. The Morgan fingerprint density at radius 1 is 1.10 bits per heavy atom. The summed E-state index contributed by atoms with van der Waals surface area (Å²) in [5, 5.41) is 6.16. The van der Waals surface area contributed by atoms with Gasteiger partial charge in [0.05, 0.1) is 4.88 Å². The van der Waals surface area contributed by atoms with E-state index in [0.29, 0.717) is 18.2 Å². The van der Waals surface area contributed by atoms with Crippen molar-refractivity contribution in [3.8, 4) is 0 Å². The lowest BCUT2D eigenvalue weighted by Gasteiger charge is -2.19. The second kappa shape index (κ2) is 7.98. The van der Waals surface area contributed by atoms with E-state index in [2.05, 4.69) is 42.5 Å². The average molecular weight is 414 g/mol. The Hall–Kier alpha value is -2.08. The summed E-state index contributed by atoms with van der Waals surface area (Å²) in [6.45, 7) is 6.81. The molecule has 29 heavy (non-hydrogen) atoms. The lowest BCUT2D eigenvalue weighted by atomic mass is 9.93. The minimum absolute atomic E-state index is 0.0263. The van der Waals surface area contributed by atoms with Crippen molar-refractivity contribution in [3.05, 3.63) is 45.4 Å². The molecule has 1 atom stereocenters. The molecule has 5 nitrogen and oxygen atoms in total. The molecular weight excluding hydrogens is 382 g/mol. The molecule has 2 heterocycles. The Kier molecular flexibility index (Phi) is 5.56. The van der Waals surface area contributed by atoms with Gasteiger partial charge in [0, 0.05) is 28.6 Å². The molecule has 2 aliphatic carbocycles. The minimum Gasteiger partial charge on any atom is -0.354 e. The molecule has 2 aromatic rings. The number of nitrogens with one attached hydrogen (secondary N) is 3. The van der Waals surface area contributed by atoms with E-state index < -0.39 is 0 Å². The zero-order valence-corrected chi connectivity index (χ0v) is 18.3. The third-order valence-corrected chi connectivity index (χ3v) is 6.91. The first-order valence-corrected chi connectivity index (χ1v) is 11.5. The Morgan fingerprint density at radius 3 is 2.48 bits per heavy atom. The van der Waals surface area contributed by atoms with Crippen LogP contribution in [0.4, 0.5) is 0 Å². The van der Waals surface area contributed by atoms with Gasteiger partial charge in [0.2, 0.25) is 0 Å². The molecule has 2 amide bonds. The van der Waals surface area contributed by atoms with Gasteiger partial charge in [-0.3, -0.25) is 9.59 Å². The van der Waals surface area contributed by atoms with Crippen LogP contribution in [0.25, 0.3) is 0 Å². The van der Waals surface area contributed by atoms with E-state index in [1.807, 2.05) is 18.2 Å². The van der Waals surface area contributed by atoms with Crippen molar-refractivity contribution >= 4 is 23.2 Å². The molecule has 1 unspecified atom stereocenters. The van der Waals surface area contributed by atoms with Crippen molar-refractivity contribution < 1.29 is 9.59 Å². The molecule has 156 valence electrons. The highest BCUT2D eigenvalue weighted by Crippen LogP contribution is 2.35. The van der Waals surface area contributed by atoms with Gasteiger partial charge in [-0.05, 0) is 68.2 Å². The first-order chi connectivity index (χ1) is 13.8. The van der Waals surface area contributed by atoms with Crippen molar-refractivity contribution in [1.82, 2.24) is 15.6 Å². The fourth-order valence-electron chi connectivity index (χ4n) is 3.55. The molecule has 0 bridgehead atoms. The van der Waals surface area contributed by atoms with Crippen molar-refractivity contribution in [3.63, 3.8) is 0 Å². The number of hydrogen-bond acceptors (Lipinski definition) is 3. The predicted molar refractivity (Wildman–Crippen MR) is 117 cm³/mol. The lowest BCUT2D eigenvalue weighted by Crippen LogP contribution is -2.45. The number of rotatable bonds is 8. The van der Waals surface area contributed by atoms with Crippen molar-refractivity contribution in [2.24, 2.45) is 11.8 Å². The van der Waals surface area contributed by atoms with Crippen LogP contribution < -0.4 is 10.6 Å². The van der Waals surface area contributed by atoms with E-state index in [-0.39, 0.29) is 23.3 Å². The topological polar surface area (TPSA) is 74.0 Å². The van der Waals surface area contributed by atoms with Crippen LogP contribution in [0, 0.1) is 11.8 Å². The number of amides is 2. The van der Waals surface area contributed by atoms with Gasteiger partial charge in [-0.25, -0.2) is 0 Å². The number of carbonyl (C=O) groups excluding carboxylic acids is 2. The summed E-state index contributed by atoms with van der Waals surface area (Å²) in [5.41, 5.74) is 1.59. The fraction of sp³-hybridized carbons (Fsp3) is 0.565. The van der Waals surface area contributed by atoms with E-state index >= 15 is 0 Å². The maximum atomic E-state index is 12.7. The lowest BCUT2D eigenvalue weighted by molar-refractivity contribution is 0.0902. The van der Waals surface area contributed by atoms with Crippen LogP contribution in [0.15, 0.2) is 24.3 Å². The van der Waals surface area contributed by atoms with E-state index in [4.69, 9.17) is 0 Å². The van der Waals surface area contributed by atoms with E-state index in [1.54, 1.807) is 11.3 Å². The van der Waals surface area contributed by atoms with Crippen LogP contribution in [0.1, 0.15) is 77.2 Å². The van der Waals surface area contributed by atoms with Gasteiger partial charge in [-0.1, -0.05) is 20.8 Å². The summed E-state index contributed by atoms with van der Waals surface area (Å²) >= 11 is 1.60. The van der Waals surface area contributed by atoms with Crippen LogP contribution in [-0.2, 0) is 11.8 Å². The fourth-order valence-corrected chi connectivity index (χ4v) is 4.59. The maximum Gasteiger partial charge on any atom is 0.267 e. The van der Waals surface area contributed by atoms with Crippen LogP contribution in [0.2, 0.25) is 0 Å². The standard InChI is InChI=1S/C23H31N3O2S/c1-23(2,3)20-11-9-17(25-20)21(27)26-18(15-6-7-15)13-24-22(28)19-10-8-16(29-19)12-14-4-5-14/h8-11,14-15,18,25H,4-7,12-13H2,1-3H3,(H,24,28)(H,26,27). The largest absolute Gasteiger partial charge is 0.354 e. The zero-order valence-electron chi connectivity index (χ0n) is 17.5. The number of carbonyl (C=O) groups is 2. The SMILES string of the molecule is CC(C)(C)c1ccc(C(=O)NC(CNC(=O)c2ccc(CC3CC3)s2)C2CC2)[nH]1. The molecule has 2 saturated carbocycles. The molecule has 0 spiro atoms. The molecule has 0 radical (unpaired) electrons. The molecule has 4 rings (SSSR count). The highest BCUT2D eigenvalue weighted by Gasteiger charge is 2.33. The number of aromatic amines is 1. The first kappa shape index (κ1) is 20.2. The quantitative estimate of drug-likeness (QED) is 0.605. The van der Waals surface area contributed by atoms with E-state index in [1.165, 1.54) is 17.7 Å². The van der Waals surface area contributed by atoms with Gasteiger partial charge in [0.25, 0.3) is 11.8 Å². The Morgan fingerprint density at radius 2 is 1.86 bits per heavy atom. The van der Waals surface area contributed by atoms with Gasteiger partial charge in [0.1, 0.15) is 5.69 Å². The number of hydrogen-bond donors (Lipinski definition) is 3. The van der Waals surface area contributed by atoms with Gasteiger partial charge >= 0.3 is 0 Å². The second-order valence-electron chi connectivity index (χ2n) is 9.58. The maximum absolute atomic E-state index is 12.7. The number of H-pyrrole nitrogens is 1. The van der Waals surface area contributed by atoms with E-state index in [9.17, 15) is 9.59 Å². The summed E-state index contributed by atoms with van der Waals surface area (Å²) in [4.78, 5) is 30.6. The van der Waals surface area contributed by atoms with Crippen LogP contribution in [0.3, 0.4) is 0 Å². The zero-order chi connectivity index (χ0) is 20.6. The predicted octanol–water partition coefficient (Wildman–Crippen LogP) is 4.26. The van der Waals surface area contributed by atoms with Crippen LogP contribution >= 0.6 is 11.3 Å². The molecule has 2 fully saturated rings. The monoisotopic (exact) mass is 413 g/mol. The van der Waals surface area contributed by atoms with Gasteiger partial charge in [-0.15, -0.1) is 11.3 Å². The second-order valence-corrected chi connectivity index (χ2v) is 10.7. The van der Waals surface area contributed by atoms with Gasteiger partial charge in [0.15, 0.2) is 0 Å². The molecule has 0 saturated heterocycles. The molecule has 3 N–H and O–H groups in total. The highest BCUT2D eigenvalue weighted by atomic mass is 32.1. The molecule has 2 aromatic heterocycles. The third kappa shape index (κ3) is 5.30. The Balaban J connectivity index is 1.32. The summed E-state index contributed by atoms with van der Waals surface area (Å²) in [7, 11) is 0. The normalized spacial score (nSPS) is 17.8. The smallest absolute Gasteiger partial charge is 0.267 e. The number of aromatic nitrogens is 1. The molecule has 2 aliphatic rings. The number of thiophene rings is 1. The molecule has 6 heteroatoms. The summed E-state index contributed by atoms with van der Waals surface area (Å²) < 4.78 is 0. The van der Waals surface area contributed by atoms with Crippen molar-refractivity contribution in [1.29, 1.82) is 0 Å². The minimum atomic E-state index is -0.102. The third-order valence-electron chi connectivity index (χ3n) is 5.80. The summed E-state index contributed by atoms with van der Waals surface area (Å²) in [6.07, 6.45) is 5.94. The molecular formula is C23H31N3O2S. The van der Waals surface area contributed by atoms with Gasteiger partial charge in [-0.2, -0.15) is 0 Å². The highest BCUT2D eigenvalue weighted by molar-refractivity contribution is 7.14. The van der Waals surface area contributed by atoms with Crippen LogP contribution in [0.5, 0.6) is 0 Å². The summed E-state index contributed by atoms with van der Waals surface area (Å²) in [6, 6.07) is 7.79. The molecule has 0 aromatic carbocycles. The van der Waals surface area contributed by atoms with Crippen molar-refractivity contribution in [2.75, 3.05) is 6.54 Å². The van der Waals surface area contributed by atoms with E-state index in [0.717, 1.165) is 35.8 Å². The molecule has 0 aliphatic heterocycles. The summed E-state index contributed by atoms with van der Waals surface area (Å²) in [5.74, 6) is 1.14. The van der Waals surface area contributed by atoms with Gasteiger partial charge < -0.3 is 15.6 Å². The Bertz CT molecular complexity index is 884. The first-order valence-electron chi connectivity index (χ1n) is 10.7. The van der Waals surface area contributed by atoms with Crippen LogP contribution in [-0.4, -0.2) is 29.4 Å². The van der Waals surface area contributed by atoms with Crippen molar-refractivity contribution in [2.45, 2.75) is 64.3 Å².